The molecule has 0 radical (unpaired) electrons. The van der Waals surface area contributed by atoms with Gasteiger partial charge in [0.1, 0.15) is 6.04 Å². The molecule has 0 aliphatic rings. The summed E-state index contributed by atoms with van der Waals surface area (Å²) in [5, 5.41) is 3.38. The third-order valence-corrected chi connectivity index (χ3v) is 7.38. The van der Waals surface area contributed by atoms with E-state index in [1.54, 1.807) is 30.0 Å². The predicted molar refractivity (Wildman–Crippen MR) is 142 cm³/mol. The SMILES string of the molecule is CCCNC(=O)C(CC)N(Cc1ccccc1)C(=O)CCCN(c1cccc(Cl)c1C)S(C)(=O)=O. The molecule has 2 aromatic rings. The molecule has 0 bridgehead atoms. The highest BCUT2D eigenvalue weighted by atomic mass is 35.5. The van der Waals surface area contributed by atoms with Crippen molar-refractivity contribution in [2.24, 2.45) is 0 Å². The molecule has 0 fully saturated rings. The molecular weight excluding hydrogens is 486 g/mol. The Balaban J connectivity index is 2.21. The van der Waals surface area contributed by atoms with Crippen molar-refractivity contribution in [1.29, 1.82) is 0 Å². The minimum absolute atomic E-state index is 0.107. The fourth-order valence-corrected chi connectivity index (χ4v) is 5.10. The number of carbonyl (C=O) groups excluding carboxylic acids is 2. The molecule has 2 rings (SSSR count). The Bertz CT molecular complexity index is 1090. The van der Waals surface area contributed by atoms with Crippen LogP contribution in [0.25, 0.3) is 0 Å². The van der Waals surface area contributed by atoms with E-state index in [-0.39, 0.29) is 24.8 Å². The van der Waals surface area contributed by atoms with Gasteiger partial charge in [-0.15, -0.1) is 0 Å². The molecule has 0 aromatic heterocycles. The molecule has 192 valence electrons. The average molecular weight is 522 g/mol. The Morgan fingerprint density at radius 3 is 2.34 bits per heavy atom. The molecule has 0 aliphatic heterocycles. The summed E-state index contributed by atoms with van der Waals surface area (Å²) in [4.78, 5) is 27.8. The Kier molecular flexibility index (Phi) is 11.0. The van der Waals surface area contributed by atoms with Gasteiger partial charge in [-0.3, -0.25) is 13.9 Å². The zero-order chi connectivity index (χ0) is 26.0. The number of hydrogen-bond donors (Lipinski definition) is 1. The van der Waals surface area contributed by atoms with Crippen molar-refractivity contribution in [3.63, 3.8) is 0 Å². The van der Waals surface area contributed by atoms with Gasteiger partial charge in [0.25, 0.3) is 0 Å². The first-order valence-electron chi connectivity index (χ1n) is 11.9. The molecule has 2 amide bonds. The maximum atomic E-state index is 13.4. The number of amides is 2. The van der Waals surface area contributed by atoms with Crippen LogP contribution >= 0.6 is 11.6 Å². The van der Waals surface area contributed by atoms with Crippen LogP contribution < -0.4 is 9.62 Å². The summed E-state index contributed by atoms with van der Waals surface area (Å²) in [7, 11) is -3.58. The van der Waals surface area contributed by atoms with E-state index in [2.05, 4.69) is 5.32 Å². The molecule has 1 N–H and O–H groups in total. The lowest BCUT2D eigenvalue weighted by Gasteiger charge is -2.31. The number of sulfonamides is 1. The Labute approximate surface area is 214 Å². The number of nitrogens with one attached hydrogen (secondary N) is 1. The van der Waals surface area contributed by atoms with Crippen molar-refractivity contribution in [2.45, 2.75) is 59.0 Å². The third-order valence-electron chi connectivity index (χ3n) is 5.79. The molecule has 0 spiro atoms. The Hall–Kier alpha value is -2.58. The minimum Gasteiger partial charge on any atom is -0.354 e. The molecule has 1 atom stereocenters. The van der Waals surface area contributed by atoms with Crippen molar-refractivity contribution in [3.05, 3.63) is 64.7 Å². The molecule has 7 nitrogen and oxygen atoms in total. The zero-order valence-corrected chi connectivity index (χ0v) is 22.5. The van der Waals surface area contributed by atoms with E-state index in [0.29, 0.717) is 42.2 Å². The van der Waals surface area contributed by atoms with Crippen LogP contribution in [0.15, 0.2) is 48.5 Å². The number of rotatable bonds is 13. The van der Waals surface area contributed by atoms with E-state index in [9.17, 15) is 18.0 Å². The van der Waals surface area contributed by atoms with Gasteiger partial charge in [-0.05, 0) is 49.4 Å². The summed E-state index contributed by atoms with van der Waals surface area (Å²) in [6.07, 6.45) is 2.83. The van der Waals surface area contributed by atoms with Crippen molar-refractivity contribution in [2.75, 3.05) is 23.7 Å². The maximum Gasteiger partial charge on any atom is 0.242 e. The van der Waals surface area contributed by atoms with Gasteiger partial charge in [0.05, 0.1) is 11.9 Å². The molecule has 0 saturated heterocycles. The number of benzene rings is 2. The van der Waals surface area contributed by atoms with E-state index in [1.807, 2.05) is 44.2 Å². The van der Waals surface area contributed by atoms with Gasteiger partial charge in [0, 0.05) is 31.1 Å². The highest BCUT2D eigenvalue weighted by molar-refractivity contribution is 7.92. The van der Waals surface area contributed by atoms with Crippen molar-refractivity contribution in [3.8, 4) is 0 Å². The first-order chi connectivity index (χ1) is 16.6. The van der Waals surface area contributed by atoms with E-state index in [0.717, 1.165) is 18.2 Å². The van der Waals surface area contributed by atoms with Crippen LogP contribution in [-0.2, 0) is 26.2 Å². The molecule has 1 unspecified atom stereocenters. The van der Waals surface area contributed by atoms with E-state index >= 15 is 0 Å². The molecule has 0 heterocycles. The first-order valence-corrected chi connectivity index (χ1v) is 14.2. The number of nitrogens with zero attached hydrogens (tertiary/aromatic N) is 2. The highest BCUT2D eigenvalue weighted by Crippen LogP contribution is 2.28. The van der Waals surface area contributed by atoms with E-state index in [1.165, 1.54) is 4.31 Å². The topological polar surface area (TPSA) is 86.8 Å². The van der Waals surface area contributed by atoms with Gasteiger partial charge >= 0.3 is 0 Å². The van der Waals surface area contributed by atoms with E-state index < -0.39 is 16.1 Å². The second-order valence-electron chi connectivity index (χ2n) is 8.54. The zero-order valence-electron chi connectivity index (χ0n) is 21.0. The molecule has 35 heavy (non-hydrogen) atoms. The summed E-state index contributed by atoms with van der Waals surface area (Å²) in [5.41, 5.74) is 2.09. The molecule has 0 saturated carbocycles. The normalized spacial score (nSPS) is 12.1. The molecule has 9 heteroatoms. The van der Waals surface area contributed by atoms with Gasteiger partial charge in [-0.1, -0.05) is 61.8 Å². The third kappa shape index (κ3) is 8.25. The van der Waals surface area contributed by atoms with Crippen LogP contribution in [-0.4, -0.2) is 50.5 Å². The monoisotopic (exact) mass is 521 g/mol. The van der Waals surface area contributed by atoms with Crippen molar-refractivity contribution >= 4 is 39.1 Å². The fourth-order valence-electron chi connectivity index (χ4n) is 3.91. The fraction of sp³-hybridized carbons (Fsp3) is 0.462. The number of hydrogen-bond acceptors (Lipinski definition) is 4. The van der Waals surface area contributed by atoms with Crippen LogP contribution in [0.5, 0.6) is 0 Å². The first kappa shape index (κ1) is 28.7. The minimum atomic E-state index is -3.58. The lowest BCUT2D eigenvalue weighted by molar-refractivity contribution is -0.141. The molecule has 2 aromatic carbocycles. The smallest absolute Gasteiger partial charge is 0.242 e. The molecule has 0 aliphatic carbocycles. The van der Waals surface area contributed by atoms with Crippen LogP contribution in [0, 0.1) is 6.92 Å². The number of anilines is 1. The quantitative estimate of drug-likeness (QED) is 0.419. The highest BCUT2D eigenvalue weighted by Gasteiger charge is 2.28. The Morgan fingerprint density at radius 2 is 1.74 bits per heavy atom. The maximum absolute atomic E-state index is 13.4. The van der Waals surface area contributed by atoms with E-state index in [4.69, 9.17) is 11.6 Å². The standard InChI is InChI=1S/C26H36ClN3O4S/c1-5-17-28-26(32)23(6-2)29(19-21-12-8-7-9-13-21)25(31)16-11-18-30(35(4,33)34)24-15-10-14-22(27)20(24)3/h7-10,12-15,23H,5-6,11,16-19H2,1-4H3,(H,28,32). The largest absolute Gasteiger partial charge is 0.354 e. The molecular formula is C26H36ClN3O4S. The summed E-state index contributed by atoms with van der Waals surface area (Å²) >= 11 is 6.21. The number of halogens is 1. The van der Waals surface area contributed by atoms with Crippen molar-refractivity contribution in [1.82, 2.24) is 10.2 Å². The second kappa shape index (κ2) is 13.5. The van der Waals surface area contributed by atoms with Crippen LogP contribution in [0.3, 0.4) is 0 Å². The van der Waals surface area contributed by atoms with Crippen molar-refractivity contribution < 1.29 is 18.0 Å². The second-order valence-corrected chi connectivity index (χ2v) is 10.9. The van der Waals surface area contributed by atoms with Gasteiger partial charge in [0.2, 0.25) is 21.8 Å². The van der Waals surface area contributed by atoms with Crippen LogP contribution in [0.1, 0.15) is 50.7 Å². The lowest BCUT2D eigenvalue weighted by atomic mass is 10.1. The van der Waals surface area contributed by atoms with Gasteiger partial charge < -0.3 is 10.2 Å². The summed E-state index contributed by atoms with van der Waals surface area (Å²) in [6.45, 7) is 6.61. The summed E-state index contributed by atoms with van der Waals surface area (Å²) in [6, 6.07) is 14.1. The van der Waals surface area contributed by atoms with Gasteiger partial charge in [-0.2, -0.15) is 0 Å². The summed E-state index contributed by atoms with van der Waals surface area (Å²) < 4.78 is 26.3. The van der Waals surface area contributed by atoms with Gasteiger partial charge in [0.15, 0.2) is 0 Å². The number of carbonyl (C=O) groups is 2. The average Bonchev–Trinajstić information content (AvgIpc) is 2.82. The van der Waals surface area contributed by atoms with Crippen LogP contribution in [0.2, 0.25) is 5.02 Å². The Morgan fingerprint density at radius 1 is 1.06 bits per heavy atom. The van der Waals surface area contributed by atoms with Crippen LogP contribution in [0.4, 0.5) is 5.69 Å². The predicted octanol–water partition coefficient (Wildman–Crippen LogP) is 4.53. The van der Waals surface area contributed by atoms with Gasteiger partial charge in [-0.25, -0.2) is 8.42 Å². The lowest BCUT2D eigenvalue weighted by Crippen LogP contribution is -2.49. The summed E-state index contributed by atoms with van der Waals surface area (Å²) in [5.74, 6) is -0.366.